The topological polar surface area (TPSA) is 80.7 Å². The van der Waals surface area contributed by atoms with Crippen LogP contribution < -0.4 is 14.8 Å². The highest BCUT2D eigenvalue weighted by Gasteiger charge is 2.07. The van der Waals surface area contributed by atoms with Gasteiger partial charge in [-0.05, 0) is 44.0 Å². The van der Waals surface area contributed by atoms with Crippen LogP contribution in [0, 0.1) is 17.7 Å². The van der Waals surface area contributed by atoms with Crippen LogP contribution in [0.15, 0.2) is 36.5 Å². The highest BCUT2D eigenvalue weighted by Crippen LogP contribution is 2.16. The Bertz CT molecular complexity index is 813. The van der Waals surface area contributed by atoms with Crippen molar-refractivity contribution in [3.63, 3.8) is 0 Å². The molecule has 0 unspecified atom stereocenters. The highest BCUT2D eigenvalue weighted by atomic mass is 19.1. The molecule has 0 bridgehead atoms. The van der Waals surface area contributed by atoms with Gasteiger partial charge in [-0.2, -0.15) is 0 Å². The number of aromatic nitrogens is 1. The van der Waals surface area contributed by atoms with Gasteiger partial charge >= 0.3 is 6.09 Å². The number of amides is 1. The average Bonchev–Trinajstić information content (AvgIpc) is 2.60. The Kier molecular flexibility index (Phi) is 6.80. The fourth-order valence-corrected chi connectivity index (χ4v) is 2.00. The lowest BCUT2D eigenvalue weighted by Gasteiger charge is -2.13. The van der Waals surface area contributed by atoms with Crippen LogP contribution in [0.1, 0.15) is 25.1 Å². The quantitative estimate of drug-likeness (QED) is 0.776. The Morgan fingerprint density at radius 1 is 1.27 bits per heavy atom. The van der Waals surface area contributed by atoms with E-state index in [0.717, 1.165) is 0 Å². The molecule has 0 saturated heterocycles. The molecular formula is C19H19FN2O4. The van der Waals surface area contributed by atoms with E-state index in [0.29, 0.717) is 23.8 Å². The van der Waals surface area contributed by atoms with Crippen LogP contribution in [-0.2, 0) is 0 Å². The van der Waals surface area contributed by atoms with E-state index < -0.39 is 18.0 Å². The number of carbonyl (C=O) groups is 1. The van der Waals surface area contributed by atoms with Crippen molar-refractivity contribution in [3.05, 3.63) is 53.6 Å². The van der Waals surface area contributed by atoms with Crippen LogP contribution in [0.4, 0.5) is 9.18 Å². The van der Waals surface area contributed by atoms with E-state index in [4.69, 9.17) is 14.6 Å². The molecular weight excluding hydrogens is 339 g/mol. The number of ether oxygens (including phenoxy) is 2. The number of benzene rings is 1. The average molecular weight is 358 g/mol. The molecule has 1 amide bonds. The zero-order valence-electron chi connectivity index (χ0n) is 14.5. The summed E-state index contributed by atoms with van der Waals surface area (Å²) in [7, 11) is 0. The van der Waals surface area contributed by atoms with Crippen molar-refractivity contribution in [1.29, 1.82) is 0 Å². The van der Waals surface area contributed by atoms with E-state index in [9.17, 15) is 9.18 Å². The first-order valence-corrected chi connectivity index (χ1v) is 8.00. The van der Waals surface area contributed by atoms with E-state index in [2.05, 4.69) is 22.1 Å². The molecule has 0 aliphatic carbocycles. The van der Waals surface area contributed by atoms with Gasteiger partial charge in [-0.1, -0.05) is 5.92 Å². The number of halogens is 1. The van der Waals surface area contributed by atoms with Gasteiger partial charge in [0.05, 0.1) is 24.4 Å². The lowest BCUT2D eigenvalue weighted by atomic mass is 10.2. The van der Waals surface area contributed by atoms with Crippen LogP contribution in [0.5, 0.6) is 11.5 Å². The van der Waals surface area contributed by atoms with Gasteiger partial charge in [0.2, 0.25) is 0 Å². The zero-order valence-corrected chi connectivity index (χ0v) is 14.5. The number of rotatable bonds is 6. The van der Waals surface area contributed by atoms with Crippen molar-refractivity contribution in [3.8, 4) is 23.3 Å². The number of hydrogen-bond acceptors (Lipinski definition) is 4. The number of carboxylic acid groups (broad SMARTS) is 1. The molecule has 0 radical (unpaired) electrons. The van der Waals surface area contributed by atoms with Gasteiger partial charge in [-0.15, -0.1) is 0 Å². The van der Waals surface area contributed by atoms with Gasteiger partial charge in [0.25, 0.3) is 0 Å². The summed E-state index contributed by atoms with van der Waals surface area (Å²) < 4.78 is 24.8. The zero-order chi connectivity index (χ0) is 18.9. The van der Waals surface area contributed by atoms with Crippen LogP contribution in [-0.4, -0.2) is 35.4 Å². The van der Waals surface area contributed by atoms with Crippen molar-refractivity contribution in [2.75, 3.05) is 13.2 Å². The van der Waals surface area contributed by atoms with Gasteiger partial charge in [-0.3, -0.25) is 0 Å². The summed E-state index contributed by atoms with van der Waals surface area (Å²) >= 11 is 0. The summed E-state index contributed by atoms with van der Waals surface area (Å²) in [4.78, 5) is 14.6. The lowest BCUT2D eigenvalue weighted by Crippen LogP contribution is -2.35. The monoisotopic (exact) mass is 358 g/mol. The molecule has 0 aliphatic rings. The van der Waals surface area contributed by atoms with Crippen LogP contribution >= 0.6 is 0 Å². The maximum Gasteiger partial charge on any atom is 0.404 e. The minimum absolute atomic E-state index is 0.0901. The van der Waals surface area contributed by atoms with Crippen LogP contribution in [0.3, 0.4) is 0 Å². The number of pyridine rings is 1. The summed E-state index contributed by atoms with van der Waals surface area (Å²) in [6.45, 7) is 4.17. The molecule has 1 heterocycles. The minimum Gasteiger partial charge on any atom is -0.492 e. The van der Waals surface area contributed by atoms with Gasteiger partial charge < -0.3 is 19.9 Å². The van der Waals surface area contributed by atoms with Crippen LogP contribution in [0.2, 0.25) is 0 Å². The molecule has 6 nitrogen and oxygen atoms in total. The molecule has 7 heteroatoms. The fraction of sp³-hybridized carbons (Fsp3) is 0.263. The van der Waals surface area contributed by atoms with Crippen molar-refractivity contribution < 1.29 is 23.8 Å². The molecule has 2 rings (SSSR count). The first-order valence-electron chi connectivity index (χ1n) is 8.00. The summed E-state index contributed by atoms with van der Waals surface area (Å²) in [6, 6.07) is 7.32. The maximum absolute atomic E-state index is 14.1. The first-order chi connectivity index (χ1) is 12.5. The summed E-state index contributed by atoms with van der Waals surface area (Å²) in [6.07, 6.45) is 0.424. The Morgan fingerprint density at radius 2 is 2.04 bits per heavy atom. The van der Waals surface area contributed by atoms with Crippen molar-refractivity contribution in [1.82, 2.24) is 10.3 Å². The van der Waals surface area contributed by atoms with E-state index in [1.54, 1.807) is 31.3 Å². The molecule has 0 spiro atoms. The third-order valence-corrected chi connectivity index (χ3v) is 3.18. The molecule has 2 N–H and O–H groups in total. The van der Waals surface area contributed by atoms with E-state index in [1.807, 2.05) is 6.92 Å². The molecule has 0 fully saturated rings. The highest BCUT2D eigenvalue weighted by molar-refractivity contribution is 5.64. The Balaban J connectivity index is 2.00. The predicted octanol–water partition coefficient (Wildman–Crippen LogP) is 3.05. The van der Waals surface area contributed by atoms with Crippen molar-refractivity contribution in [2.24, 2.45) is 0 Å². The molecule has 136 valence electrons. The van der Waals surface area contributed by atoms with E-state index in [1.165, 1.54) is 12.1 Å². The van der Waals surface area contributed by atoms with Crippen LogP contribution in [0.25, 0.3) is 0 Å². The third-order valence-electron chi connectivity index (χ3n) is 3.18. The Labute approximate surface area is 151 Å². The van der Waals surface area contributed by atoms with Crippen molar-refractivity contribution >= 4 is 6.09 Å². The third kappa shape index (κ3) is 5.98. The minimum atomic E-state index is -1.14. The summed E-state index contributed by atoms with van der Waals surface area (Å²) in [5, 5.41) is 10.9. The summed E-state index contributed by atoms with van der Waals surface area (Å²) in [5.74, 6) is 5.93. The maximum atomic E-state index is 14.1. The molecule has 0 saturated carbocycles. The largest absolute Gasteiger partial charge is 0.492 e. The van der Waals surface area contributed by atoms with Gasteiger partial charge in [0.1, 0.15) is 29.6 Å². The van der Waals surface area contributed by atoms with Gasteiger partial charge in [-0.25, -0.2) is 14.2 Å². The number of nitrogens with zero attached hydrogens (tertiary/aromatic N) is 1. The van der Waals surface area contributed by atoms with Gasteiger partial charge in [0, 0.05) is 6.07 Å². The smallest absolute Gasteiger partial charge is 0.404 e. The molecule has 1 aromatic carbocycles. The van der Waals surface area contributed by atoms with Gasteiger partial charge in [0.15, 0.2) is 0 Å². The molecule has 0 aliphatic heterocycles. The van der Waals surface area contributed by atoms with Crippen molar-refractivity contribution in [2.45, 2.75) is 19.9 Å². The molecule has 2 aromatic rings. The fourth-order valence-electron chi connectivity index (χ4n) is 2.00. The second-order valence-corrected chi connectivity index (χ2v) is 5.37. The molecule has 1 atom stereocenters. The normalized spacial score (nSPS) is 11.0. The summed E-state index contributed by atoms with van der Waals surface area (Å²) in [5.41, 5.74) is 0.714. The second kappa shape index (κ2) is 9.28. The number of hydrogen-bond donors (Lipinski definition) is 2. The van der Waals surface area contributed by atoms with E-state index >= 15 is 0 Å². The number of nitrogens with one attached hydrogen (secondary N) is 1. The predicted molar refractivity (Wildman–Crippen MR) is 93.9 cm³/mol. The SMILES string of the molecule is CCOc1ccc(C#Cc2ccc(OC[C@H](C)NC(=O)O)cc2F)nc1. The molecule has 1 aromatic heterocycles. The lowest BCUT2D eigenvalue weighted by molar-refractivity contribution is 0.183. The molecule has 26 heavy (non-hydrogen) atoms. The Morgan fingerprint density at radius 3 is 2.65 bits per heavy atom. The standard InChI is InChI=1S/C19H19FN2O4/c1-3-25-17-9-7-15(21-11-17)6-4-14-5-8-16(10-18(14)20)26-12-13(2)22-19(23)24/h5,7-11,13,22H,3,12H2,1-2H3,(H,23,24)/t13-/m0/s1. The second-order valence-electron chi connectivity index (χ2n) is 5.37. The Hall–Kier alpha value is -3.27. The first kappa shape index (κ1) is 19.1. The van der Waals surface area contributed by atoms with E-state index in [-0.39, 0.29) is 12.2 Å².